The molecular weight excluding hydrogens is 542 g/mol. The topological polar surface area (TPSA) is 88.9 Å². The molecule has 1 aromatic heterocycles. The largest absolute Gasteiger partial charge is 0.497 e. The monoisotopic (exact) mass is 568 g/mol. The molecule has 208 valence electrons. The van der Waals surface area contributed by atoms with E-state index in [4.69, 9.17) is 21.1 Å². The van der Waals surface area contributed by atoms with Gasteiger partial charge in [0.15, 0.2) is 0 Å². The molecule has 1 atom stereocenters. The molecule has 0 spiro atoms. The predicted molar refractivity (Wildman–Crippen MR) is 147 cm³/mol. The molecule has 1 aliphatic heterocycles. The molecule has 4 aromatic rings. The Kier molecular flexibility index (Phi) is 7.90. The van der Waals surface area contributed by atoms with Gasteiger partial charge in [-0.3, -0.25) is 4.90 Å². The molecule has 0 aliphatic carbocycles. The van der Waals surface area contributed by atoms with Gasteiger partial charge in [0.05, 0.1) is 45.3 Å². The zero-order valence-corrected chi connectivity index (χ0v) is 22.6. The molecule has 1 aliphatic rings. The number of nitrogens with one attached hydrogen (secondary N) is 1. The average molecular weight is 569 g/mol. The normalized spacial score (nSPS) is 13.2. The van der Waals surface area contributed by atoms with Crippen molar-refractivity contribution < 1.29 is 28.2 Å². The van der Waals surface area contributed by atoms with Gasteiger partial charge in [0.1, 0.15) is 28.3 Å². The van der Waals surface area contributed by atoms with Gasteiger partial charge in [0.25, 0.3) is 0 Å². The summed E-state index contributed by atoms with van der Waals surface area (Å²) in [5.41, 5.74) is 3.19. The Morgan fingerprint density at radius 3 is 2.52 bits per heavy atom. The highest BCUT2D eigenvalue weighted by Crippen LogP contribution is 2.37. The first-order chi connectivity index (χ1) is 19.3. The Labute approximate surface area is 234 Å². The van der Waals surface area contributed by atoms with E-state index in [9.17, 15) is 14.3 Å². The molecule has 2 heterocycles. The molecule has 5 rings (SSSR count). The van der Waals surface area contributed by atoms with Crippen molar-refractivity contribution in [2.45, 2.75) is 19.0 Å². The highest BCUT2D eigenvalue weighted by molar-refractivity contribution is 6.32. The zero-order valence-electron chi connectivity index (χ0n) is 21.8. The van der Waals surface area contributed by atoms with Crippen LogP contribution < -0.4 is 19.7 Å². The van der Waals surface area contributed by atoms with Crippen molar-refractivity contribution in [2.75, 3.05) is 32.3 Å². The minimum atomic E-state index is -0.888. The molecule has 0 saturated carbocycles. The Morgan fingerprint density at radius 1 is 1.07 bits per heavy atom. The first kappa shape index (κ1) is 27.4. The molecule has 40 heavy (non-hydrogen) atoms. The van der Waals surface area contributed by atoms with Crippen LogP contribution in [0.25, 0.3) is 11.1 Å². The van der Waals surface area contributed by atoms with Gasteiger partial charge in [-0.15, -0.1) is 0 Å². The lowest BCUT2D eigenvalue weighted by molar-refractivity contribution is 0.221. The fraction of sp³-hybridized carbons (Fsp3) is 0.241. The number of rotatable bonds is 8. The van der Waals surface area contributed by atoms with Crippen LogP contribution in [0.1, 0.15) is 22.7 Å². The van der Waals surface area contributed by atoms with Crippen LogP contribution in [-0.2, 0) is 13.0 Å². The second-order valence-corrected chi connectivity index (χ2v) is 9.68. The quantitative estimate of drug-likeness (QED) is 0.299. The summed E-state index contributed by atoms with van der Waals surface area (Å²) in [5, 5.41) is 17.2. The van der Waals surface area contributed by atoms with Crippen molar-refractivity contribution in [1.82, 2.24) is 15.1 Å². The molecule has 0 bridgehead atoms. The summed E-state index contributed by atoms with van der Waals surface area (Å²) in [6.07, 6.45) is 2.01. The summed E-state index contributed by atoms with van der Waals surface area (Å²) in [5.74, 6) is -0.123. The number of ether oxygens (including phenoxy) is 2. The number of aromatic nitrogens is 2. The third kappa shape index (κ3) is 5.45. The molecule has 2 amide bonds. The summed E-state index contributed by atoms with van der Waals surface area (Å²) in [6, 6.07) is 13.0. The number of methoxy groups -OCH3 is 2. The standard InChI is InChI=1S/C29H27ClF2N4O4/c1-39-21-5-3-17(4-6-21)15-36-28(30)24(14-33-36)23-11-18-7-8-35(27(18)13-25(23)32)29(38)34-26(16-37)19-9-20(31)12-22(10-19)40-2/h3-6,9-14,26,37H,7-8,15-16H2,1-2H3,(H,34,38)/t26-/m1/s1. The van der Waals surface area contributed by atoms with Gasteiger partial charge in [-0.2, -0.15) is 5.10 Å². The SMILES string of the molecule is COc1ccc(Cn2ncc(-c3cc4c(cc3F)N(C(=O)N[C@H](CO)c3cc(F)cc(OC)c3)CC4)c2Cl)cc1. The molecule has 8 nitrogen and oxygen atoms in total. The van der Waals surface area contributed by atoms with E-state index in [-0.39, 0.29) is 11.3 Å². The van der Waals surface area contributed by atoms with Gasteiger partial charge >= 0.3 is 6.03 Å². The maximum absolute atomic E-state index is 15.4. The van der Waals surface area contributed by atoms with Crippen molar-refractivity contribution >= 4 is 23.3 Å². The number of carbonyl (C=O) groups excluding carboxylic acids is 1. The van der Waals surface area contributed by atoms with E-state index < -0.39 is 30.3 Å². The molecule has 3 aromatic carbocycles. The highest BCUT2D eigenvalue weighted by Gasteiger charge is 2.29. The summed E-state index contributed by atoms with van der Waals surface area (Å²) < 4.78 is 41.3. The molecule has 0 fully saturated rings. The Hall–Kier alpha value is -4.15. The minimum Gasteiger partial charge on any atom is -0.497 e. The van der Waals surface area contributed by atoms with Crippen molar-refractivity contribution in [3.63, 3.8) is 0 Å². The fourth-order valence-corrected chi connectivity index (χ4v) is 5.01. The van der Waals surface area contributed by atoms with Crippen molar-refractivity contribution in [2.24, 2.45) is 0 Å². The third-order valence-electron chi connectivity index (χ3n) is 6.88. The van der Waals surface area contributed by atoms with Crippen LogP contribution in [0.4, 0.5) is 19.3 Å². The smallest absolute Gasteiger partial charge is 0.322 e. The Bertz CT molecular complexity index is 1540. The van der Waals surface area contributed by atoms with Crippen LogP contribution in [0.5, 0.6) is 11.5 Å². The van der Waals surface area contributed by atoms with Crippen LogP contribution in [0.3, 0.4) is 0 Å². The first-order valence-electron chi connectivity index (χ1n) is 12.5. The molecule has 2 N–H and O–H groups in total. The Balaban J connectivity index is 1.35. The second-order valence-electron chi connectivity index (χ2n) is 9.33. The maximum atomic E-state index is 15.4. The van der Waals surface area contributed by atoms with E-state index in [0.29, 0.717) is 41.5 Å². The number of aliphatic hydroxyl groups is 1. The van der Waals surface area contributed by atoms with Crippen LogP contribution in [-0.4, -0.2) is 48.3 Å². The molecule has 0 unspecified atom stereocenters. The van der Waals surface area contributed by atoms with E-state index in [1.54, 1.807) is 17.9 Å². The van der Waals surface area contributed by atoms with Crippen LogP contribution in [0.15, 0.2) is 60.8 Å². The van der Waals surface area contributed by atoms with Crippen molar-refractivity contribution in [3.8, 4) is 22.6 Å². The summed E-state index contributed by atoms with van der Waals surface area (Å²) in [6.45, 7) is 0.233. The highest BCUT2D eigenvalue weighted by atomic mass is 35.5. The van der Waals surface area contributed by atoms with Gasteiger partial charge in [-0.1, -0.05) is 23.7 Å². The van der Waals surface area contributed by atoms with Crippen molar-refractivity contribution in [3.05, 3.63) is 94.3 Å². The van der Waals surface area contributed by atoms with E-state index in [2.05, 4.69) is 10.4 Å². The second kappa shape index (κ2) is 11.5. The summed E-state index contributed by atoms with van der Waals surface area (Å²) >= 11 is 6.61. The van der Waals surface area contributed by atoms with E-state index >= 15 is 4.39 Å². The number of nitrogens with zero attached hydrogens (tertiary/aromatic N) is 3. The summed E-state index contributed by atoms with van der Waals surface area (Å²) in [7, 11) is 2.99. The molecule has 0 saturated heterocycles. The zero-order chi connectivity index (χ0) is 28.4. The van der Waals surface area contributed by atoms with E-state index in [0.717, 1.165) is 16.9 Å². The average Bonchev–Trinajstić information content (AvgIpc) is 3.53. The Morgan fingerprint density at radius 2 is 1.82 bits per heavy atom. The number of urea groups is 1. The number of hydrogen-bond acceptors (Lipinski definition) is 5. The number of fused-ring (bicyclic) bond motifs is 1. The van der Waals surface area contributed by atoms with Gasteiger partial charge in [0.2, 0.25) is 0 Å². The van der Waals surface area contributed by atoms with Crippen LogP contribution in [0, 0.1) is 11.6 Å². The lowest BCUT2D eigenvalue weighted by Crippen LogP contribution is -2.42. The lowest BCUT2D eigenvalue weighted by atomic mass is 10.0. The first-order valence-corrected chi connectivity index (χ1v) is 12.9. The van der Waals surface area contributed by atoms with Gasteiger partial charge in [-0.25, -0.2) is 18.3 Å². The number of aliphatic hydroxyl groups excluding tert-OH is 1. The molecule has 0 radical (unpaired) electrons. The summed E-state index contributed by atoms with van der Waals surface area (Å²) in [4.78, 5) is 14.5. The van der Waals surface area contributed by atoms with Gasteiger partial charge in [-0.05, 0) is 59.5 Å². The third-order valence-corrected chi connectivity index (χ3v) is 7.28. The van der Waals surface area contributed by atoms with E-state index in [1.807, 2.05) is 24.3 Å². The number of carbonyl (C=O) groups is 1. The maximum Gasteiger partial charge on any atom is 0.322 e. The fourth-order valence-electron chi connectivity index (χ4n) is 4.76. The van der Waals surface area contributed by atoms with Crippen LogP contribution in [0.2, 0.25) is 5.15 Å². The number of hydrogen-bond donors (Lipinski definition) is 2. The van der Waals surface area contributed by atoms with E-state index in [1.165, 1.54) is 42.5 Å². The molecular formula is C29H27ClF2N4O4. The number of amides is 2. The van der Waals surface area contributed by atoms with Gasteiger partial charge < -0.3 is 19.9 Å². The molecule has 11 heteroatoms. The number of halogens is 3. The minimum absolute atomic E-state index is 0.259. The number of benzene rings is 3. The number of anilines is 1. The predicted octanol–water partition coefficient (Wildman–Crippen LogP) is 5.35. The lowest BCUT2D eigenvalue weighted by Gasteiger charge is -2.23. The van der Waals surface area contributed by atoms with Crippen LogP contribution >= 0.6 is 11.6 Å². The van der Waals surface area contributed by atoms with Gasteiger partial charge in [0, 0.05) is 23.7 Å². The van der Waals surface area contributed by atoms with Crippen molar-refractivity contribution in [1.29, 1.82) is 0 Å².